The molecule has 0 spiro atoms. The highest BCUT2D eigenvalue weighted by Crippen LogP contribution is 2.33. The minimum Gasteiger partial charge on any atom is -0.271 e. The van der Waals surface area contributed by atoms with E-state index in [1.165, 1.54) is 6.07 Å². The summed E-state index contributed by atoms with van der Waals surface area (Å²) < 4.78 is 40.2. The SMILES string of the molecule is NNC(c1cccc(C(F)(F)F)c1)c1cc(Br)ccc1I. The van der Waals surface area contributed by atoms with Crippen LogP contribution in [0.2, 0.25) is 0 Å². The average Bonchev–Trinajstić information content (AvgIpc) is 2.43. The zero-order valence-corrected chi connectivity index (χ0v) is 14.3. The van der Waals surface area contributed by atoms with Crippen molar-refractivity contribution in [3.8, 4) is 0 Å². The molecule has 1 unspecified atom stereocenters. The van der Waals surface area contributed by atoms with Crippen LogP contribution in [0.1, 0.15) is 22.7 Å². The number of benzene rings is 2. The van der Waals surface area contributed by atoms with Gasteiger partial charge in [0, 0.05) is 8.04 Å². The van der Waals surface area contributed by atoms with Crippen molar-refractivity contribution in [2.75, 3.05) is 0 Å². The number of rotatable bonds is 3. The lowest BCUT2D eigenvalue weighted by Crippen LogP contribution is -2.29. The minimum absolute atomic E-state index is 0.461. The Kier molecular flexibility index (Phi) is 5.29. The maximum Gasteiger partial charge on any atom is 0.416 e. The maximum absolute atomic E-state index is 12.8. The summed E-state index contributed by atoms with van der Waals surface area (Å²) >= 11 is 5.49. The van der Waals surface area contributed by atoms with Gasteiger partial charge in [0.25, 0.3) is 0 Å². The molecular weight excluding hydrogens is 460 g/mol. The fourth-order valence-electron chi connectivity index (χ4n) is 2.00. The van der Waals surface area contributed by atoms with Crippen molar-refractivity contribution >= 4 is 38.5 Å². The molecule has 7 heteroatoms. The molecule has 0 aliphatic rings. The fourth-order valence-corrected chi connectivity index (χ4v) is 3.02. The van der Waals surface area contributed by atoms with Gasteiger partial charge in [-0.15, -0.1) is 0 Å². The van der Waals surface area contributed by atoms with Gasteiger partial charge in [-0.3, -0.25) is 5.84 Å². The number of nitrogens with one attached hydrogen (secondary N) is 1. The molecule has 0 fully saturated rings. The Bertz CT molecular complexity index is 646. The first kappa shape index (κ1) is 16.7. The third kappa shape index (κ3) is 3.97. The monoisotopic (exact) mass is 470 g/mol. The molecule has 0 aliphatic carbocycles. The van der Waals surface area contributed by atoms with Crippen LogP contribution in [0.3, 0.4) is 0 Å². The molecule has 2 aromatic carbocycles. The van der Waals surface area contributed by atoms with E-state index in [1.54, 1.807) is 6.07 Å². The Labute approximate surface area is 142 Å². The minimum atomic E-state index is -4.38. The lowest BCUT2D eigenvalue weighted by atomic mass is 9.97. The van der Waals surface area contributed by atoms with E-state index in [0.717, 1.165) is 25.7 Å². The summed E-state index contributed by atoms with van der Waals surface area (Å²) in [5.74, 6) is 5.57. The van der Waals surface area contributed by atoms with Crippen LogP contribution in [0.15, 0.2) is 46.9 Å². The molecule has 0 saturated carbocycles. The standard InChI is InChI=1S/C14H11BrF3IN2/c15-10-4-5-12(19)11(7-10)13(21-20)8-2-1-3-9(6-8)14(16,17)18/h1-7,13,21H,20H2. The van der Waals surface area contributed by atoms with E-state index in [0.29, 0.717) is 5.56 Å². The van der Waals surface area contributed by atoms with Crippen molar-refractivity contribution in [1.82, 2.24) is 5.43 Å². The predicted molar refractivity (Wildman–Crippen MR) is 87.5 cm³/mol. The summed E-state index contributed by atoms with van der Waals surface area (Å²) in [7, 11) is 0. The number of nitrogens with two attached hydrogens (primary N) is 1. The average molecular weight is 471 g/mol. The second kappa shape index (κ2) is 6.64. The van der Waals surface area contributed by atoms with Crippen LogP contribution in [0, 0.1) is 3.57 Å². The number of hydrogen-bond donors (Lipinski definition) is 2. The molecule has 2 nitrogen and oxygen atoms in total. The third-order valence-corrected chi connectivity index (χ3v) is 4.46. The van der Waals surface area contributed by atoms with Crippen LogP contribution in [-0.4, -0.2) is 0 Å². The normalized spacial score (nSPS) is 13.2. The van der Waals surface area contributed by atoms with Crippen molar-refractivity contribution in [3.63, 3.8) is 0 Å². The first-order valence-corrected chi connectivity index (χ1v) is 7.78. The van der Waals surface area contributed by atoms with Gasteiger partial charge in [0.05, 0.1) is 11.6 Å². The van der Waals surface area contributed by atoms with Gasteiger partial charge in [-0.05, 0) is 64.0 Å². The summed E-state index contributed by atoms with van der Waals surface area (Å²) in [6, 6.07) is 10.2. The van der Waals surface area contributed by atoms with Gasteiger partial charge in [-0.25, -0.2) is 5.43 Å². The lowest BCUT2D eigenvalue weighted by Gasteiger charge is -2.20. The van der Waals surface area contributed by atoms with E-state index in [4.69, 9.17) is 5.84 Å². The van der Waals surface area contributed by atoms with E-state index in [1.807, 2.05) is 18.2 Å². The summed E-state index contributed by atoms with van der Waals surface area (Å²) in [6.45, 7) is 0. The molecule has 0 aromatic heterocycles. The van der Waals surface area contributed by atoms with Gasteiger partial charge in [0.15, 0.2) is 0 Å². The molecule has 0 radical (unpaired) electrons. The summed E-state index contributed by atoms with van der Waals surface area (Å²) in [6.07, 6.45) is -4.38. The van der Waals surface area contributed by atoms with Gasteiger partial charge in [-0.1, -0.05) is 28.1 Å². The molecule has 0 bridgehead atoms. The van der Waals surface area contributed by atoms with E-state index >= 15 is 0 Å². The van der Waals surface area contributed by atoms with Gasteiger partial charge in [0.2, 0.25) is 0 Å². The van der Waals surface area contributed by atoms with Crippen molar-refractivity contribution in [2.24, 2.45) is 5.84 Å². The Hall–Kier alpha value is -0.640. The Morgan fingerprint density at radius 2 is 1.86 bits per heavy atom. The van der Waals surface area contributed by atoms with Crippen LogP contribution in [0.4, 0.5) is 13.2 Å². The summed E-state index contributed by atoms with van der Waals surface area (Å²) in [4.78, 5) is 0. The zero-order chi connectivity index (χ0) is 15.6. The van der Waals surface area contributed by atoms with Crippen LogP contribution in [-0.2, 0) is 6.18 Å². The molecule has 0 aliphatic heterocycles. The molecule has 0 saturated heterocycles. The van der Waals surface area contributed by atoms with Crippen LogP contribution >= 0.6 is 38.5 Å². The smallest absolute Gasteiger partial charge is 0.271 e. The molecule has 0 heterocycles. The van der Waals surface area contributed by atoms with Gasteiger partial charge < -0.3 is 0 Å². The summed E-state index contributed by atoms with van der Waals surface area (Å²) in [5, 5.41) is 0. The van der Waals surface area contributed by atoms with Gasteiger partial charge in [0.1, 0.15) is 0 Å². The fraction of sp³-hybridized carbons (Fsp3) is 0.143. The molecule has 0 amide bonds. The zero-order valence-electron chi connectivity index (χ0n) is 10.6. The molecule has 112 valence electrons. The van der Waals surface area contributed by atoms with Crippen molar-refractivity contribution in [2.45, 2.75) is 12.2 Å². The highest BCUT2D eigenvalue weighted by atomic mass is 127. The second-order valence-corrected chi connectivity index (χ2v) is 6.47. The van der Waals surface area contributed by atoms with E-state index in [2.05, 4.69) is 43.9 Å². The predicted octanol–water partition coefficient (Wildman–Crippen LogP) is 4.63. The highest BCUT2D eigenvalue weighted by molar-refractivity contribution is 14.1. The Morgan fingerprint density at radius 3 is 2.48 bits per heavy atom. The number of halogens is 5. The second-order valence-electron chi connectivity index (χ2n) is 4.39. The molecule has 2 rings (SSSR count). The highest BCUT2D eigenvalue weighted by Gasteiger charge is 2.31. The molecule has 1 atom stereocenters. The van der Waals surface area contributed by atoms with Crippen molar-refractivity contribution < 1.29 is 13.2 Å². The lowest BCUT2D eigenvalue weighted by molar-refractivity contribution is -0.137. The van der Waals surface area contributed by atoms with E-state index < -0.39 is 17.8 Å². The molecule has 3 N–H and O–H groups in total. The van der Waals surface area contributed by atoms with E-state index in [9.17, 15) is 13.2 Å². The van der Waals surface area contributed by atoms with Gasteiger partial charge >= 0.3 is 6.18 Å². The first-order chi connectivity index (χ1) is 9.82. The number of hydrazine groups is 1. The van der Waals surface area contributed by atoms with Crippen LogP contribution < -0.4 is 11.3 Å². The Morgan fingerprint density at radius 1 is 1.14 bits per heavy atom. The topological polar surface area (TPSA) is 38.0 Å². The van der Waals surface area contributed by atoms with Crippen LogP contribution in [0.5, 0.6) is 0 Å². The van der Waals surface area contributed by atoms with E-state index in [-0.39, 0.29) is 0 Å². The Balaban J connectivity index is 2.49. The summed E-state index contributed by atoms with van der Waals surface area (Å²) in [5.41, 5.74) is 3.17. The molecular formula is C14H11BrF3IN2. The van der Waals surface area contributed by atoms with Crippen molar-refractivity contribution in [1.29, 1.82) is 0 Å². The molecule has 21 heavy (non-hydrogen) atoms. The third-order valence-electron chi connectivity index (χ3n) is 2.98. The number of hydrogen-bond acceptors (Lipinski definition) is 2. The molecule has 2 aromatic rings. The first-order valence-electron chi connectivity index (χ1n) is 5.91. The largest absolute Gasteiger partial charge is 0.416 e. The number of alkyl halides is 3. The maximum atomic E-state index is 12.8. The van der Waals surface area contributed by atoms with Crippen molar-refractivity contribution in [3.05, 3.63) is 67.2 Å². The quantitative estimate of drug-likeness (QED) is 0.390. The van der Waals surface area contributed by atoms with Gasteiger partial charge in [-0.2, -0.15) is 13.2 Å². The van der Waals surface area contributed by atoms with Crippen LogP contribution in [0.25, 0.3) is 0 Å².